The summed E-state index contributed by atoms with van der Waals surface area (Å²) in [6, 6.07) is 3.28. The maximum absolute atomic E-state index is 11.4. The van der Waals surface area contributed by atoms with Crippen LogP contribution in [0.5, 0.6) is 0 Å². The van der Waals surface area contributed by atoms with Gasteiger partial charge in [-0.15, -0.1) is 0 Å². The first-order chi connectivity index (χ1) is 7.74. The molecule has 5 heteroatoms. The van der Waals surface area contributed by atoms with Gasteiger partial charge in [-0.05, 0) is 46.8 Å². The number of nitrogens with one attached hydrogen (secondary N) is 2. The minimum absolute atomic E-state index is 0.272. The lowest BCUT2D eigenvalue weighted by molar-refractivity contribution is 0.255. The lowest BCUT2D eigenvalue weighted by Gasteiger charge is -2.03. The van der Waals surface area contributed by atoms with Gasteiger partial charge in [0.05, 0.1) is 0 Å². The Kier molecular flexibility index (Phi) is 3.56. The van der Waals surface area contributed by atoms with Crippen LogP contribution in [0.2, 0.25) is 0 Å². The highest BCUT2D eigenvalue weighted by atomic mass is 79.9. The van der Waals surface area contributed by atoms with Gasteiger partial charge >= 0.3 is 6.03 Å². The van der Waals surface area contributed by atoms with E-state index in [2.05, 4.69) is 31.5 Å². The second-order valence-corrected chi connectivity index (χ2v) is 4.57. The Balaban J connectivity index is 1.79. The third-order valence-corrected chi connectivity index (χ3v) is 2.64. The van der Waals surface area contributed by atoms with Crippen LogP contribution in [-0.4, -0.2) is 11.0 Å². The number of hydrogen-bond acceptors (Lipinski definition) is 2. The van der Waals surface area contributed by atoms with Crippen molar-refractivity contribution in [3.8, 4) is 0 Å². The number of nitrogens with zero attached hydrogens (tertiary/aromatic N) is 1. The van der Waals surface area contributed by atoms with Gasteiger partial charge in [-0.3, -0.25) is 5.32 Å². The predicted octanol–water partition coefficient (Wildman–Crippen LogP) is 2.89. The summed E-state index contributed by atoms with van der Waals surface area (Å²) in [6.07, 6.45) is 7.79. The van der Waals surface area contributed by atoms with Crippen LogP contribution in [0, 0.1) is 5.92 Å². The molecular weight excluding hydrogens is 270 g/mol. The molecular formula is C11H12BrN3O. The molecule has 0 atom stereocenters. The fourth-order valence-corrected chi connectivity index (χ4v) is 1.39. The van der Waals surface area contributed by atoms with Crippen molar-refractivity contribution in [2.75, 3.05) is 5.32 Å². The summed E-state index contributed by atoms with van der Waals surface area (Å²) in [5.74, 6) is 1.19. The highest BCUT2D eigenvalue weighted by Gasteiger charge is 2.17. The number of anilines is 1. The minimum Gasteiger partial charge on any atom is -0.315 e. The van der Waals surface area contributed by atoms with Crippen LogP contribution in [0.25, 0.3) is 0 Å². The number of aromatic nitrogens is 1. The lowest BCUT2D eigenvalue weighted by Crippen LogP contribution is -2.24. The Bertz CT molecular complexity index is 398. The second kappa shape index (κ2) is 5.12. The van der Waals surface area contributed by atoms with E-state index >= 15 is 0 Å². The number of hydrogen-bond donors (Lipinski definition) is 2. The van der Waals surface area contributed by atoms with E-state index in [1.807, 2.05) is 12.1 Å². The normalized spacial score (nSPS) is 15.1. The van der Waals surface area contributed by atoms with E-state index in [1.54, 1.807) is 18.5 Å². The summed E-state index contributed by atoms with van der Waals surface area (Å²) in [4.78, 5) is 15.4. The van der Waals surface area contributed by atoms with Crippen LogP contribution in [0.1, 0.15) is 12.8 Å². The molecule has 0 aromatic carbocycles. The van der Waals surface area contributed by atoms with E-state index in [9.17, 15) is 4.79 Å². The first-order valence-corrected chi connectivity index (χ1v) is 5.89. The average Bonchev–Trinajstić information content (AvgIpc) is 3.05. The van der Waals surface area contributed by atoms with E-state index < -0.39 is 0 Å². The standard InChI is InChI=1S/C11H12BrN3O/c12-9-3-4-10(14-7-9)15-11(16)13-6-5-8-1-2-8/h3-8H,1-2H2,(H2,13,14,15,16)/b6-5+. The third-order valence-electron chi connectivity index (χ3n) is 2.17. The molecule has 0 bridgehead atoms. The molecule has 1 aromatic rings. The molecule has 0 spiro atoms. The van der Waals surface area contributed by atoms with Crippen molar-refractivity contribution >= 4 is 27.8 Å². The van der Waals surface area contributed by atoms with Crippen molar-refractivity contribution in [3.05, 3.63) is 35.1 Å². The number of amides is 2. The first-order valence-electron chi connectivity index (χ1n) is 5.10. The van der Waals surface area contributed by atoms with E-state index in [4.69, 9.17) is 0 Å². The molecule has 1 aromatic heterocycles. The molecule has 0 saturated heterocycles. The van der Waals surface area contributed by atoms with Gasteiger partial charge in [0, 0.05) is 16.9 Å². The summed E-state index contributed by atoms with van der Waals surface area (Å²) >= 11 is 3.27. The number of carbonyl (C=O) groups is 1. The second-order valence-electron chi connectivity index (χ2n) is 3.66. The molecule has 2 N–H and O–H groups in total. The zero-order valence-corrected chi connectivity index (χ0v) is 10.2. The molecule has 1 saturated carbocycles. The van der Waals surface area contributed by atoms with E-state index in [0.717, 1.165) is 4.47 Å². The van der Waals surface area contributed by atoms with Crippen LogP contribution in [0.3, 0.4) is 0 Å². The van der Waals surface area contributed by atoms with Gasteiger partial charge < -0.3 is 5.32 Å². The minimum atomic E-state index is -0.272. The van der Waals surface area contributed by atoms with Crippen molar-refractivity contribution in [3.63, 3.8) is 0 Å². The van der Waals surface area contributed by atoms with Crippen LogP contribution in [0.4, 0.5) is 10.6 Å². The largest absolute Gasteiger partial charge is 0.324 e. The molecule has 16 heavy (non-hydrogen) atoms. The molecule has 1 heterocycles. The van der Waals surface area contributed by atoms with Crippen LogP contribution in [0.15, 0.2) is 35.1 Å². The molecule has 1 aliphatic rings. The number of allylic oxidation sites excluding steroid dienone is 1. The lowest BCUT2D eigenvalue weighted by atomic mass is 10.4. The summed E-state index contributed by atoms with van der Waals surface area (Å²) in [7, 11) is 0. The SMILES string of the molecule is O=C(N/C=C/C1CC1)Nc1ccc(Br)cn1. The Hall–Kier alpha value is -1.36. The molecule has 1 aliphatic carbocycles. The smallest absolute Gasteiger partial charge is 0.315 e. The van der Waals surface area contributed by atoms with Gasteiger partial charge in [-0.1, -0.05) is 6.08 Å². The van der Waals surface area contributed by atoms with Gasteiger partial charge in [0.1, 0.15) is 5.82 Å². The van der Waals surface area contributed by atoms with Gasteiger partial charge in [-0.2, -0.15) is 0 Å². The van der Waals surface area contributed by atoms with Gasteiger partial charge in [0.25, 0.3) is 0 Å². The highest BCUT2D eigenvalue weighted by molar-refractivity contribution is 9.10. The highest BCUT2D eigenvalue weighted by Crippen LogP contribution is 2.29. The molecule has 0 radical (unpaired) electrons. The molecule has 0 aliphatic heterocycles. The molecule has 2 amide bonds. The quantitative estimate of drug-likeness (QED) is 0.895. The zero-order valence-electron chi connectivity index (χ0n) is 8.61. The number of halogens is 1. The summed E-state index contributed by atoms with van der Waals surface area (Å²) in [5, 5.41) is 5.26. The fourth-order valence-electron chi connectivity index (χ4n) is 1.15. The molecule has 4 nitrogen and oxygen atoms in total. The average molecular weight is 282 g/mol. The first kappa shape index (κ1) is 11.1. The van der Waals surface area contributed by atoms with Gasteiger partial charge in [0.15, 0.2) is 0 Å². The van der Waals surface area contributed by atoms with E-state index in [0.29, 0.717) is 11.7 Å². The molecule has 1 fully saturated rings. The topological polar surface area (TPSA) is 54.0 Å². The fraction of sp³-hybridized carbons (Fsp3) is 0.273. The van der Waals surface area contributed by atoms with Crippen molar-refractivity contribution in [2.24, 2.45) is 5.92 Å². The monoisotopic (exact) mass is 281 g/mol. The van der Waals surface area contributed by atoms with Crippen LogP contribution >= 0.6 is 15.9 Å². The van der Waals surface area contributed by atoms with Crippen molar-refractivity contribution in [2.45, 2.75) is 12.8 Å². The number of pyridine rings is 1. The zero-order chi connectivity index (χ0) is 11.4. The van der Waals surface area contributed by atoms with Crippen LogP contribution < -0.4 is 10.6 Å². The van der Waals surface area contributed by atoms with Crippen LogP contribution in [-0.2, 0) is 0 Å². The van der Waals surface area contributed by atoms with Gasteiger partial charge in [0.2, 0.25) is 0 Å². The summed E-state index contributed by atoms with van der Waals surface area (Å²) in [5.41, 5.74) is 0. The summed E-state index contributed by atoms with van der Waals surface area (Å²) < 4.78 is 0.882. The number of carbonyl (C=O) groups excluding carboxylic acids is 1. The molecule has 0 unspecified atom stereocenters. The Morgan fingerprint density at radius 3 is 2.94 bits per heavy atom. The number of urea groups is 1. The maximum Gasteiger partial charge on any atom is 0.324 e. The Morgan fingerprint density at radius 2 is 2.31 bits per heavy atom. The van der Waals surface area contributed by atoms with Gasteiger partial charge in [-0.25, -0.2) is 9.78 Å². The van der Waals surface area contributed by atoms with E-state index in [-0.39, 0.29) is 6.03 Å². The Labute approximate surface area is 102 Å². The Morgan fingerprint density at radius 1 is 1.50 bits per heavy atom. The number of rotatable bonds is 3. The predicted molar refractivity (Wildman–Crippen MR) is 66.0 cm³/mol. The summed E-state index contributed by atoms with van der Waals surface area (Å²) in [6.45, 7) is 0. The molecule has 2 rings (SSSR count). The van der Waals surface area contributed by atoms with Crippen molar-refractivity contribution in [1.29, 1.82) is 0 Å². The van der Waals surface area contributed by atoms with Crippen molar-refractivity contribution < 1.29 is 4.79 Å². The van der Waals surface area contributed by atoms with Crippen molar-refractivity contribution in [1.82, 2.24) is 10.3 Å². The van der Waals surface area contributed by atoms with E-state index in [1.165, 1.54) is 12.8 Å². The third kappa shape index (κ3) is 3.66. The molecule has 84 valence electrons. The maximum atomic E-state index is 11.4.